The zero-order valence-corrected chi connectivity index (χ0v) is 14.2. The molecule has 2 aromatic heterocycles. The summed E-state index contributed by atoms with van der Waals surface area (Å²) in [5.41, 5.74) is 2.32. The Hall–Kier alpha value is -2.60. The van der Waals surface area contributed by atoms with Crippen LogP contribution in [0.25, 0.3) is 10.7 Å². The van der Waals surface area contributed by atoms with Gasteiger partial charge in [0.25, 0.3) is 5.91 Å². The highest BCUT2D eigenvalue weighted by atomic mass is 32.1. The van der Waals surface area contributed by atoms with E-state index < -0.39 is 0 Å². The number of pyridine rings is 1. The van der Waals surface area contributed by atoms with Crippen molar-refractivity contribution in [3.63, 3.8) is 0 Å². The van der Waals surface area contributed by atoms with Crippen LogP contribution < -0.4 is 0 Å². The highest BCUT2D eigenvalue weighted by Gasteiger charge is 2.20. The summed E-state index contributed by atoms with van der Waals surface area (Å²) in [6.45, 7) is 2.23. The first-order chi connectivity index (χ1) is 11.5. The smallest absolute Gasteiger partial charge is 0.265 e. The molecule has 0 spiro atoms. The molecule has 1 aromatic carbocycles. The number of nitrogens with zero attached hydrogens (tertiary/aromatic N) is 3. The normalized spacial score (nSPS) is 10.6. The number of carbonyl (C=O) groups is 1. The van der Waals surface area contributed by atoms with E-state index in [0.29, 0.717) is 17.1 Å². The van der Waals surface area contributed by atoms with E-state index in [1.165, 1.54) is 23.5 Å². The van der Waals surface area contributed by atoms with Crippen LogP contribution in [0.1, 0.15) is 20.9 Å². The molecule has 0 aliphatic heterocycles. The largest absolute Gasteiger partial charge is 0.337 e. The molecule has 122 valence electrons. The third-order valence-electron chi connectivity index (χ3n) is 3.55. The summed E-state index contributed by atoms with van der Waals surface area (Å²) in [5.74, 6) is -0.387. The van der Waals surface area contributed by atoms with Crippen LogP contribution in [0.4, 0.5) is 4.39 Å². The van der Waals surface area contributed by atoms with Gasteiger partial charge >= 0.3 is 0 Å². The lowest BCUT2D eigenvalue weighted by atomic mass is 10.2. The number of halogens is 1. The Balaban J connectivity index is 1.79. The Labute approximate surface area is 143 Å². The van der Waals surface area contributed by atoms with Crippen molar-refractivity contribution in [2.45, 2.75) is 13.5 Å². The lowest BCUT2D eigenvalue weighted by molar-refractivity contribution is 0.0789. The van der Waals surface area contributed by atoms with Crippen LogP contribution >= 0.6 is 11.3 Å². The van der Waals surface area contributed by atoms with Crippen molar-refractivity contribution in [1.82, 2.24) is 14.9 Å². The van der Waals surface area contributed by atoms with Crippen LogP contribution in [0.3, 0.4) is 0 Å². The molecular formula is C18H16FN3OS. The van der Waals surface area contributed by atoms with Gasteiger partial charge in [0, 0.05) is 19.8 Å². The summed E-state index contributed by atoms with van der Waals surface area (Å²) >= 11 is 1.34. The second kappa shape index (κ2) is 6.88. The van der Waals surface area contributed by atoms with Crippen molar-refractivity contribution in [2.24, 2.45) is 0 Å². The first-order valence-electron chi connectivity index (χ1n) is 7.43. The van der Waals surface area contributed by atoms with Gasteiger partial charge in [-0.05, 0) is 36.8 Å². The number of benzene rings is 1. The summed E-state index contributed by atoms with van der Waals surface area (Å²) < 4.78 is 13.0. The topological polar surface area (TPSA) is 46.1 Å². The monoisotopic (exact) mass is 341 g/mol. The highest BCUT2D eigenvalue weighted by molar-refractivity contribution is 7.17. The van der Waals surface area contributed by atoms with Crippen molar-refractivity contribution in [2.75, 3.05) is 7.05 Å². The van der Waals surface area contributed by atoms with Crippen LogP contribution in [-0.4, -0.2) is 27.8 Å². The van der Waals surface area contributed by atoms with E-state index in [2.05, 4.69) is 9.97 Å². The molecule has 0 atom stereocenters. The van der Waals surface area contributed by atoms with Crippen LogP contribution in [-0.2, 0) is 6.54 Å². The Morgan fingerprint density at radius 1 is 1.21 bits per heavy atom. The van der Waals surface area contributed by atoms with Gasteiger partial charge in [0.05, 0.1) is 11.4 Å². The maximum Gasteiger partial charge on any atom is 0.265 e. The molecule has 0 radical (unpaired) electrons. The number of aryl methyl sites for hydroxylation is 1. The van der Waals surface area contributed by atoms with Crippen LogP contribution in [0.15, 0.2) is 48.7 Å². The number of hydrogen-bond donors (Lipinski definition) is 0. The minimum Gasteiger partial charge on any atom is -0.337 e. The molecule has 4 nitrogen and oxygen atoms in total. The van der Waals surface area contributed by atoms with Gasteiger partial charge in [0.15, 0.2) is 0 Å². The van der Waals surface area contributed by atoms with Gasteiger partial charge < -0.3 is 4.90 Å². The Morgan fingerprint density at radius 2 is 1.96 bits per heavy atom. The SMILES string of the molecule is Cc1nc(-c2ccccn2)sc1C(=O)N(C)Cc1ccc(F)cc1. The van der Waals surface area contributed by atoms with Crippen LogP contribution in [0.5, 0.6) is 0 Å². The molecule has 0 saturated carbocycles. The molecule has 24 heavy (non-hydrogen) atoms. The Kier molecular flexibility index (Phi) is 4.66. The second-order valence-electron chi connectivity index (χ2n) is 5.44. The molecule has 0 saturated heterocycles. The summed E-state index contributed by atoms with van der Waals surface area (Å²) in [4.78, 5) is 23.6. The van der Waals surface area contributed by atoms with Gasteiger partial charge in [-0.25, -0.2) is 9.37 Å². The average Bonchev–Trinajstić information content (AvgIpc) is 2.99. The first-order valence-corrected chi connectivity index (χ1v) is 8.25. The molecule has 3 rings (SSSR count). The van der Waals surface area contributed by atoms with Crippen molar-refractivity contribution < 1.29 is 9.18 Å². The van der Waals surface area contributed by atoms with E-state index in [1.54, 1.807) is 30.3 Å². The lowest BCUT2D eigenvalue weighted by Gasteiger charge is -2.16. The number of amides is 1. The van der Waals surface area contributed by atoms with E-state index in [4.69, 9.17) is 0 Å². The lowest BCUT2D eigenvalue weighted by Crippen LogP contribution is -2.26. The van der Waals surface area contributed by atoms with Gasteiger partial charge in [-0.15, -0.1) is 11.3 Å². The number of thiazole rings is 1. The molecule has 0 aliphatic rings. The second-order valence-corrected chi connectivity index (χ2v) is 6.44. The first kappa shape index (κ1) is 16.3. The molecule has 0 N–H and O–H groups in total. The molecule has 0 fully saturated rings. The van der Waals surface area contributed by atoms with E-state index in [0.717, 1.165) is 16.3 Å². The summed E-state index contributed by atoms with van der Waals surface area (Å²) in [7, 11) is 1.73. The van der Waals surface area contributed by atoms with E-state index >= 15 is 0 Å². The fourth-order valence-corrected chi connectivity index (χ4v) is 3.34. The molecular weight excluding hydrogens is 325 g/mol. The van der Waals surface area contributed by atoms with E-state index in [9.17, 15) is 9.18 Å². The third kappa shape index (κ3) is 3.49. The zero-order chi connectivity index (χ0) is 17.1. The Bertz CT molecular complexity index is 846. The molecule has 0 bridgehead atoms. The highest BCUT2D eigenvalue weighted by Crippen LogP contribution is 2.27. The van der Waals surface area contributed by atoms with Gasteiger partial charge in [-0.3, -0.25) is 9.78 Å². The van der Waals surface area contributed by atoms with Gasteiger partial charge in [-0.1, -0.05) is 18.2 Å². The van der Waals surface area contributed by atoms with Gasteiger partial charge in [0.1, 0.15) is 15.7 Å². The van der Waals surface area contributed by atoms with Crippen molar-refractivity contribution >= 4 is 17.2 Å². The quantitative estimate of drug-likeness (QED) is 0.722. The predicted molar refractivity (Wildman–Crippen MR) is 92.3 cm³/mol. The standard InChI is InChI=1S/C18H16FN3OS/c1-12-16(24-17(21-12)15-5-3-4-10-20-15)18(23)22(2)11-13-6-8-14(19)9-7-13/h3-10H,11H2,1-2H3. The number of aromatic nitrogens is 2. The molecule has 2 heterocycles. The van der Waals surface area contributed by atoms with Crippen LogP contribution in [0.2, 0.25) is 0 Å². The molecule has 1 amide bonds. The van der Waals surface area contributed by atoms with Crippen LogP contribution in [0, 0.1) is 12.7 Å². The minimum atomic E-state index is -0.286. The maximum atomic E-state index is 13.0. The molecule has 0 aliphatic carbocycles. The predicted octanol–water partition coefficient (Wildman–Crippen LogP) is 3.92. The van der Waals surface area contributed by atoms with Gasteiger partial charge in [0.2, 0.25) is 0 Å². The third-order valence-corrected chi connectivity index (χ3v) is 4.72. The molecule has 0 unspecified atom stereocenters. The fraction of sp³-hybridized carbons (Fsp3) is 0.167. The molecule has 6 heteroatoms. The Morgan fingerprint density at radius 3 is 2.62 bits per heavy atom. The molecule has 3 aromatic rings. The van der Waals surface area contributed by atoms with E-state index in [1.807, 2.05) is 25.1 Å². The summed E-state index contributed by atoms with van der Waals surface area (Å²) in [5, 5.41) is 0.728. The van der Waals surface area contributed by atoms with Crippen molar-refractivity contribution in [3.8, 4) is 10.7 Å². The maximum absolute atomic E-state index is 13.0. The number of rotatable bonds is 4. The fourth-order valence-electron chi connectivity index (χ4n) is 2.30. The summed E-state index contributed by atoms with van der Waals surface area (Å²) in [6, 6.07) is 11.7. The van der Waals surface area contributed by atoms with E-state index in [-0.39, 0.29) is 11.7 Å². The number of carbonyl (C=O) groups excluding carboxylic acids is 1. The summed E-state index contributed by atoms with van der Waals surface area (Å²) in [6.07, 6.45) is 1.70. The van der Waals surface area contributed by atoms with Crippen molar-refractivity contribution in [1.29, 1.82) is 0 Å². The zero-order valence-electron chi connectivity index (χ0n) is 13.4. The average molecular weight is 341 g/mol. The van der Waals surface area contributed by atoms with Crippen molar-refractivity contribution in [3.05, 3.63) is 70.6 Å². The number of hydrogen-bond acceptors (Lipinski definition) is 4. The van der Waals surface area contributed by atoms with Gasteiger partial charge in [-0.2, -0.15) is 0 Å². The minimum absolute atomic E-state index is 0.100.